The lowest BCUT2D eigenvalue weighted by molar-refractivity contribution is -0.137. The lowest BCUT2D eigenvalue weighted by Gasteiger charge is -2.25. The molecule has 1 atom stereocenters. The van der Waals surface area contributed by atoms with Crippen molar-refractivity contribution in [1.82, 2.24) is 0 Å². The summed E-state index contributed by atoms with van der Waals surface area (Å²) in [7, 11) is 0. The van der Waals surface area contributed by atoms with Crippen LogP contribution in [0.3, 0.4) is 0 Å². The van der Waals surface area contributed by atoms with Gasteiger partial charge in [-0.1, -0.05) is 35.9 Å². The number of hydrogen-bond donors (Lipinski definition) is 0. The maximum atomic E-state index is 13.1. The van der Waals surface area contributed by atoms with E-state index in [9.17, 15) is 18.0 Å². The molecule has 1 saturated heterocycles. The largest absolute Gasteiger partial charge is 0.457 e. The summed E-state index contributed by atoms with van der Waals surface area (Å²) >= 11 is 7.27. The molecule has 154 valence electrons. The number of ether oxygens (including phenoxy) is 1. The predicted octanol–water partition coefficient (Wildman–Crippen LogP) is 6.93. The molecule has 30 heavy (non-hydrogen) atoms. The van der Waals surface area contributed by atoms with E-state index >= 15 is 0 Å². The van der Waals surface area contributed by atoms with Gasteiger partial charge in [-0.25, -0.2) is 0 Å². The maximum Gasteiger partial charge on any atom is 0.416 e. The molecule has 1 heterocycles. The number of thioether (sulfide) groups is 1. The molecule has 1 unspecified atom stereocenters. The quantitative estimate of drug-likeness (QED) is 0.432. The Bertz CT molecular complexity index is 1090. The Kier molecular flexibility index (Phi) is 5.66. The minimum Gasteiger partial charge on any atom is -0.457 e. The van der Waals surface area contributed by atoms with E-state index in [0.29, 0.717) is 27.8 Å². The smallest absolute Gasteiger partial charge is 0.416 e. The molecular weight excluding hydrogens is 435 g/mol. The molecule has 1 amide bonds. The maximum absolute atomic E-state index is 13.1. The summed E-state index contributed by atoms with van der Waals surface area (Å²) in [5.74, 6) is 1.03. The van der Waals surface area contributed by atoms with Crippen LogP contribution in [-0.4, -0.2) is 11.7 Å². The van der Waals surface area contributed by atoms with Gasteiger partial charge in [-0.2, -0.15) is 13.2 Å². The third-order valence-electron chi connectivity index (χ3n) is 4.49. The van der Waals surface area contributed by atoms with Crippen molar-refractivity contribution in [2.24, 2.45) is 0 Å². The molecule has 0 bridgehead atoms. The van der Waals surface area contributed by atoms with Crippen molar-refractivity contribution >= 4 is 35.0 Å². The average Bonchev–Trinajstić information content (AvgIpc) is 3.09. The predicted molar refractivity (Wildman–Crippen MR) is 112 cm³/mol. The van der Waals surface area contributed by atoms with Gasteiger partial charge in [0.25, 0.3) is 0 Å². The highest BCUT2D eigenvalue weighted by Crippen LogP contribution is 2.44. The van der Waals surface area contributed by atoms with Crippen LogP contribution in [-0.2, 0) is 11.0 Å². The van der Waals surface area contributed by atoms with Gasteiger partial charge >= 0.3 is 6.18 Å². The van der Waals surface area contributed by atoms with E-state index in [1.165, 1.54) is 22.7 Å². The number of amides is 1. The number of halogens is 4. The topological polar surface area (TPSA) is 29.5 Å². The Hall–Kier alpha value is -2.64. The second-order valence-electron chi connectivity index (χ2n) is 6.61. The molecule has 0 aromatic heterocycles. The van der Waals surface area contributed by atoms with Gasteiger partial charge in [0.05, 0.1) is 11.3 Å². The minimum atomic E-state index is -4.45. The number of anilines is 1. The normalized spacial score (nSPS) is 16.7. The van der Waals surface area contributed by atoms with Gasteiger partial charge < -0.3 is 4.74 Å². The first kappa shape index (κ1) is 20.6. The van der Waals surface area contributed by atoms with Gasteiger partial charge in [-0.3, -0.25) is 9.69 Å². The Morgan fingerprint density at radius 2 is 1.67 bits per heavy atom. The van der Waals surface area contributed by atoms with E-state index in [0.717, 1.165) is 12.1 Å². The van der Waals surface area contributed by atoms with Gasteiger partial charge in [0.15, 0.2) is 0 Å². The SMILES string of the molecule is O=C1CSC(c2cccc(C(F)(F)F)c2)N1c1cccc(Oc2cccc(Cl)c2)c1. The van der Waals surface area contributed by atoms with Crippen LogP contribution >= 0.6 is 23.4 Å². The first-order chi connectivity index (χ1) is 14.3. The van der Waals surface area contributed by atoms with Crippen LogP contribution in [0.5, 0.6) is 11.5 Å². The summed E-state index contributed by atoms with van der Waals surface area (Å²) in [6.45, 7) is 0. The van der Waals surface area contributed by atoms with Crippen LogP contribution < -0.4 is 9.64 Å². The highest BCUT2D eigenvalue weighted by molar-refractivity contribution is 8.00. The molecule has 4 rings (SSSR count). The second kappa shape index (κ2) is 8.24. The van der Waals surface area contributed by atoms with Crippen LogP contribution in [0.15, 0.2) is 72.8 Å². The molecule has 3 aromatic carbocycles. The van der Waals surface area contributed by atoms with Crippen molar-refractivity contribution < 1.29 is 22.7 Å². The van der Waals surface area contributed by atoms with E-state index in [1.807, 2.05) is 0 Å². The molecule has 1 aliphatic rings. The summed E-state index contributed by atoms with van der Waals surface area (Å²) < 4.78 is 45.2. The highest BCUT2D eigenvalue weighted by Gasteiger charge is 2.36. The van der Waals surface area contributed by atoms with Crippen molar-refractivity contribution in [3.8, 4) is 11.5 Å². The van der Waals surface area contributed by atoms with Gasteiger partial charge in [0.2, 0.25) is 5.91 Å². The molecule has 0 spiro atoms. The monoisotopic (exact) mass is 449 g/mol. The third-order valence-corrected chi connectivity index (χ3v) is 5.94. The molecule has 3 nitrogen and oxygen atoms in total. The Labute approximate surface area is 180 Å². The van der Waals surface area contributed by atoms with E-state index < -0.39 is 17.1 Å². The number of rotatable bonds is 4. The fourth-order valence-corrected chi connectivity index (χ4v) is 4.53. The van der Waals surface area contributed by atoms with Crippen molar-refractivity contribution in [2.45, 2.75) is 11.6 Å². The van der Waals surface area contributed by atoms with Crippen LogP contribution in [0.1, 0.15) is 16.5 Å². The van der Waals surface area contributed by atoms with Gasteiger partial charge in [0.1, 0.15) is 16.9 Å². The van der Waals surface area contributed by atoms with E-state index in [-0.39, 0.29) is 11.7 Å². The average molecular weight is 450 g/mol. The molecule has 0 aliphatic carbocycles. The van der Waals surface area contributed by atoms with Gasteiger partial charge in [-0.15, -0.1) is 11.8 Å². The fourth-order valence-electron chi connectivity index (χ4n) is 3.18. The number of alkyl halides is 3. The van der Waals surface area contributed by atoms with E-state index in [2.05, 4.69) is 0 Å². The molecule has 8 heteroatoms. The molecule has 0 saturated carbocycles. The fraction of sp³-hybridized carbons (Fsp3) is 0.136. The minimum absolute atomic E-state index is 0.178. The molecule has 1 fully saturated rings. The summed E-state index contributed by atoms with van der Waals surface area (Å²) in [6.07, 6.45) is -4.45. The number of carbonyl (C=O) groups excluding carboxylic acids is 1. The van der Waals surface area contributed by atoms with Crippen LogP contribution in [0.4, 0.5) is 18.9 Å². The molecule has 3 aromatic rings. The van der Waals surface area contributed by atoms with Gasteiger partial charge in [0, 0.05) is 16.8 Å². The Morgan fingerprint density at radius 3 is 2.40 bits per heavy atom. The lowest BCUT2D eigenvalue weighted by atomic mass is 10.1. The Balaban J connectivity index is 1.64. The first-order valence-corrected chi connectivity index (χ1v) is 10.4. The zero-order valence-corrected chi connectivity index (χ0v) is 17.0. The summed E-state index contributed by atoms with van der Waals surface area (Å²) in [4.78, 5) is 14.1. The van der Waals surface area contributed by atoms with Crippen LogP contribution in [0, 0.1) is 0 Å². The molecule has 1 aliphatic heterocycles. The van der Waals surface area contributed by atoms with E-state index in [4.69, 9.17) is 16.3 Å². The molecular formula is C22H15ClF3NO2S. The standard InChI is InChI=1S/C22H15ClF3NO2S/c23-16-6-2-8-18(11-16)29-19-9-3-7-17(12-19)27-20(28)13-30-21(27)14-4-1-5-15(10-14)22(24,25)26/h1-12,21H,13H2. The van der Waals surface area contributed by atoms with Crippen molar-refractivity contribution in [2.75, 3.05) is 10.7 Å². The number of hydrogen-bond acceptors (Lipinski definition) is 3. The van der Waals surface area contributed by atoms with E-state index in [1.54, 1.807) is 54.6 Å². The van der Waals surface area contributed by atoms with Crippen molar-refractivity contribution in [3.05, 3.63) is 88.9 Å². The van der Waals surface area contributed by atoms with Gasteiger partial charge in [-0.05, 0) is 48.0 Å². The summed E-state index contributed by atoms with van der Waals surface area (Å²) in [5, 5.41) is -0.0272. The summed E-state index contributed by atoms with van der Waals surface area (Å²) in [5.41, 5.74) is 0.228. The molecule has 0 N–H and O–H groups in total. The number of carbonyl (C=O) groups is 1. The first-order valence-electron chi connectivity index (χ1n) is 8.95. The number of benzene rings is 3. The van der Waals surface area contributed by atoms with Crippen molar-refractivity contribution in [1.29, 1.82) is 0 Å². The molecule has 0 radical (unpaired) electrons. The highest BCUT2D eigenvalue weighted by atomic mass is 35.5. The lowest BCUT2D eigenvalue weighted by Crippen LogP contribution is -2.27. The summed E-state index contributed by atoms with van der Waals surface area (Å²) in [6, 6.07) is 18.9. The third kappa shape index (κ3) is 4.42. The Morgan fingerprint density at radius 1 is 0.967 bits per heavy atom. The number of nitrogens with zero attached hydrogens (tertiary/aromatic N) is 1. The van der Waals surface area contributed by atoms with Crippen LogP contribution in [0.25, 0.3) is 0 Å². The zero-order chi connectivity index (χ0) is 21.3. The second-order valence-corrected chi connectivity index (χ2v) is 8.11. The van der Waals surface area contributed by atoms with Crippen molar-refractivity contribution in [3.63, 3.8) is 0 Å². The van der Waals surface area contributed by atoms with Crippen LogP contribution in [0.2, 0.25) is 5.02 Å². The zero-order valence-electron chi connectivity index (χ0n) is 15.4.